The van der Waals surface area contributed by atoms with Crippen molar-refractivity contribution in [3.05, 3.63) is 46.8 Å². The summed E-state index contributed by atoms with van der Waals surface area (Å²) in [6.45, 7) is 3.85. The predicted molar refractivity (Wildman–Crippen MR) is 60.8 cm³/mol. The van der Waals surface area contributed by atoms with Crippen molar-refractivity contribution in [2.45, 2.75) is 20.3 Å². The van der Waals surface area contributed by atoms with Gasteiger partial charge in [0.05, 0.1) is 5.56 Å². The van der Waals surface area contributed by atoms with Crippen molar-refractivity contribution in [1.82, 2.24) is 0 Å². The first-order valence-electron chi connectivity index (χ1n) is 4.79. The third kappa shape index (κ3) is 3.35. The van der Waals surface area contributed by atoms with E-state index in [0.717, 1.165) is 5.57 Å². The van der Waals surface area contributed by atoms with Crippen LogP contribution < -0.4 is 0 Å². The Bertz CT molecular complexity index is 423. The van der Waals surface area contributed by atoms with Gasteiger partial charge in [0.15, 0.2) is 0 Å². The van der Waals surface area contributed by atoms with Crippen molar-refractivity contribution in [2.75, 3.05) is 0 Å². The van der Waals surface area contributed by atoms with Gasteiger partial charge in [-0.2, -0.15) is 0 Å². The lowest BCUT2D eigenvalue weighted by molar-refractivity contribution is 0.0751. The SMILES string of the molecule is CC(C)=CCc1cc(C(=O)OCl)ccc1F. The molecule has 0 aromatic heterocycles. The molecule has 0 aliphatic carbocycles. The molecule has 4 heteroatoms. The lowest BCUT2D eigenvalue weighted by atomic mass is 10.1. The summed E-state index contributed by atoms with van der Waals surface area (Å²) in [5.41, 5.74) is 1.78. The highest BCUT2D eigenvalue weighted by Crippen LogP contribution is 2.14. The van der Waals surface area contributed by atoms with E-state index < -0.39 is 5.97 Å². The van der Waals surface area contributed by atoms with E-state index in [1.54, 1.807) is 0 Å². The zero-order valence-corrected chi connectivity index (χ0v) is 9.84. The molecule has 0 spiro atoms. The average molecular weight is 243 g/mol. The maximum Gasteiger partial charge on any atom is 0.356 e. The number of hydrogen-bond acceptors (Lipinski definition) is 2. The quantitative estimate of drug-likeness (QED) is 0.757. The second-order valence-electron chi connectivity index (χ2n) is 3.66. The Kier molecular flexibility index (Phi) is 4.50. The molecule has 0 heterocycles. The van der Waals surface area contributed by atoms with E-state index in [1.807, 2.05) is 19.9 Å². The van der Waals surface area contributed by atoms with Crippen LogP contribution in [0.4, 0.5) is 4.39 Å². The van der Waals surface area contributed by atoms with Gasteiger partial charge >= 0.3 is 5.97 Å². The number of halogens is 2. The zero-order chi connectivity index (χ0) is 12.1. The molecule has 0 amide bonds. The minimum absolute atomic E-state index is 0.244. The van der Waals surface area contributed by atoms with Crippen LogP contribution in [0.15, 0.2) is 29.8 Å². The molecule has 0 atom stereocenters. The van der Waals surface area contributed by atoms with Gasteiger partial charge in [-0.1, -0.05) is 11.6 Å². The highest BCUT2D eigenvalue weighted by Gasteiger charge is 2.09. The Morgan fingerprint density at radius 2 is 2.19 bits per heavy atom. The van der Waals surface area contributed by atoms with E-state index in [4.69, 9.17) is 11.9 Å². The largest absolute Gasteiger partial charge is 0.356 e. The van der Waals surface area contributed by atoms with Gasteiger partial charge in [0.2, 0.25) is 0 Å². The van der Waals surface area contributed by atoms with Gasteiger partial charge in [-0.3, -0.25) is 0 Å². The predicted octanol–water partition coefficient (Wildman–Crippen LogP) is 3.65. The highest BCUT2D eigenvalue weighted by atomic mass is 35.5. The molecular weight excluding hydrogens is 231 g/mol. The molecular formula is C12H12ClFO2. The maximum atomic E-state index is 13.4. The molecule has 86 valence electrons. The molecule has 0 fully saturated rings. The molecule has 0 bridgehead atoms. The van der Waals surface area contributed by atoms with Crippen molar-refractivity contribution < 1.29 is 13.5 Å². The van der Waals surface area contributed by atoms with Crippen LogP contribution in [0.5, 0.6) is 0 Å². The summed E-state index contributed by atoms with van der Waals surface area (Å²) in [7, 11) is 0. The fourth-order valence-corrected chi connectivity index (χ4v) is 1.31. The normalized spacial score (nSPS) is 9.75. The number of carbonyl (C=O) groups is 1. The average Bonchev–Trinajstić information content (AvgIpc) is 2.26. The van der Waals surface area contributed by atoms with Crippen LogP contribution in [0, 0.1) is 5.82 Å². The summed E-state index contributed by atoms with van der Waals surface area (Å²) >= 11 is 4.95. The Balaban J connectivity index is 2.99. The van der Waals surface area contributed by atoms with Crippen molar-refractivity contribution in [3.8, 4) is 0 Å². The van der Waals surface area contributed by atoms with Gasteiger partial charge in [0.1, 0.15) is 17.7 Å². The fourth-order valence-electron chi connectivity index (χ4n) is 1.22. The summed E-state index contributed by atoms with van der Waals surface area (Å²) in [6, 6.07) is 4.02. The number of rotatable bonds is 3. The van der Waals surface area contributed by atoms with Gasteiger partial charge in [0.25, 0.3) is 0 Å². The summed E-state index contributed by atoms with van der Waals surface area (Å²) < 4.78 is 17.4. The molecule has 2 nitrogen and oxygen atoms in total. The van der Waals surface area contributed by atoms with Gasteiger partial charge in [-0.15, -0.1) is 0 Å². The van der Waals surface area contributed by atoms with Crippen LogP contribution in [0.3, 0.4) is 0 Å². The Hall–Kier alpha value is -1.35. The fraction of sp³-hybridized carbons (Fsp3) is 0.250. The first-order chi connectivity index (χ1) is 7.54. The molecule has 1 aromatic carbocycles. The van der Waals surface area contributed by atoms with Crippen molar-refractivity contribution >= 4 is 17.8 Å². The third-order valence-corrected chi connectivity index (χ3v) is 2.22. The molecule has 16 heavy (non-hydrogen) atoms. The smallest absolute Gasteiger partial charge is 0.343 e. The van der Waals surface area contributed by atoms with E-state index in [1.165, 1.54) is 18.2 Å². The van der Waals surface area contributed by atoms with Crippen molar-refractivity contribution in [1.29, 1.82) is 0 Å². The van der Waals surface area contributed by atoms with E-state index in [0.29, 0.717) is 12.0 Å². The topological polar surface area (TPSA) is 26.3 Å². The second kappa shape index (κ2) is 5.66. The summed E-state index contributed by atoms with van der Waals surface area (Å²) in [4.78, 5) is 11.1. The van der Waals surface area contributed by atoms with E-state index >= 15 is 0 Å². The van der Waals surface area contributed by atoms with Gasteiger partial charge in [0, 0.05) is 0 Å². The Morgan fingerprint density at radius 3 is 2.75 bits per heavy atom. The number of hydrogen-bond donors (Lipinski definition) is 0. The second-order valence-corrected chi connectivity index (χ2v) is 3.81. The molecule has 1 rings (SSSR count). The third-order valence-electron chi connectivity index (χ3n) is 2.08. The van der Waals surface area contributed by atoms with Crippen LogP contribution in [-0.2, 0) is 10.7 Å². The van der Waals surface area contributed by atoms with Crippen LogP contribution in [0.2, 0.25) is 0 Å². The first kappa shape index (κ1) is 12.7. The lowest BCUT2D eigenvalue weighted by Crippen LogP contribution is -2.00. The Labute approximate surface area is 98.8 Å². The molecule has 0 N–H and O–H groups in total. The molecule has 0 aliphatic heterocycles. The number of benzene rings is 1. The van der Waals surface area contributed by atoms with E-state index in [9.17, 15) is 9.18 Å². The molecule has 0 unspecified atom stereocenters. The minimum Gasteiger partial charge on any atom is -0.343 e. The van der Waals surface area contributed by atoms with Crippen LogP contribution in [0.1, 0.15) is 29.8 Å². The van der Waals surface area contributed by atoms with Crippen LogP contribution in [-0.4, -0.2) is 5.97 Å². The molecule has 0 aliphatic rings. The molecule has 0 saturated carbocycles. The minimum atomic E-state index is -0.680. The number of carbonyl (C=O) groups excluding carboxylic acids is 1. The Morgan fingerprint density at radius 1 is 1.50 bits per heavy atom. The van der Waals surface area contributed by atoms with Gasteiger partial charge in [-0.25, -0.2) is 9.18 Å². The van der Waals surface area contributed by atoms with Gasteiger partial charge in [-0.05, 0) is 44.0 Å². The molecule has 0 radical (unpaired) electrons. The summed E-state index contributed by atoms with van der Waals surface area (Å²) in [6.07, 6.45) is 2.33. The van der Waals surface area contributed by atoms with E-state index in [-0.39, 0.29) is 11.4 Å². The van der Waals surface area contributed by atoms with Crippen molar-refractivity contribution in [2.24, 2.45) is 0 Å². The van der Waals surface area contributed by atoms with Crippen LogP contribution in [0.25, 0.3) is 0 Å². The van der Waals surface area contributed by atoms with E-state index in [2.05, 4.69) is 4.29 Å². The summed E-state index contributed by atoms with van der Waals surface area (Å²) in [5, 5.41) is 0. The zero-order valence-electron chi connectivity index (χ0n) is 9.09. The first-order valence-corrected chi connectivity index (χ1v) is 5.10. The highest BCUT2D eigenvalue weighted by molar-refractivity contribution is 6.15. The summed E-state index contributed by atoms with van der Waals surface area (Å²) in [5.74, 6) is -1.02. The lowest BCUT2D eigenvalue weighted by Gasteiger charge is -2.03. The standard InChI is InChI=1S/C12H12ClFO2/c1-8(2)3-4-9-7-10(12(15)16-13)5-6-11(9)14/h3,5-7H,4H2,1-2H3. The monoisotopic (exact) mass is 242 g/mol. The van der Waals surface area contributed by atoms with Crippen LogP contribution >= 0.6 is 11.9 Å². The molecule has 1 aromatic rings. The van der Waals surface area contributed by atoms with Crippen molar-refractivity contribution in [3.63, 3.8) is 0 Å². The maximum absolute atomic E-state index is 13.4. The van der Waals surface area contributed by atoms with Gasteiger partial charge < -0.3 is 4.29 Å². The molecule has 0 saturated heterocycles. The number of allylic oxidation sites excluding steroid dienone is 2.